The van der Waals surface area contributed by atoms with Crippen LogP contribution in [-0.2, 0) is 26.7 Å². The summed E-state index contributed by atoms with van der Waals surface area (Å²) in [6.07, 6.45) is 0.641. The number of rotatable bonds is 6. The first-order valence-electron chi connectivity index (χ1n) is 8.56. The van der Waals surface area contributed by atoms with Gasteiger partial charge in [0.15, 0.2) is 0 Å². The van der Waals surface area contributed by atoms with Crippen molar-refractivity contribution < 1.29 is 13.2 Å². The van der Waals surface area contributed by atoms with Gasteiger partial charge in [0, 0.05) is 29.9 Å². The molecule has 1 saturated heterocycles. The summed E-state index contributed by atoms with van der Waals surface area (Å²) in [5, 5.41) is 11.9. The van der Waals surface area contributed by atoms with Crippen molar-refractivity contribution in [2.45, 2.75) is 16.5 Å². The lowest BCUT2D eigenvalue weighted by Crippen LogP contribution is -2.36. The van der Waals surface area contributed by atoms with Gasteiger partial charge in [-0.2, -0.15) is 0 Å². The van der Waals surface area contributed by atoms with Crippen molar-refractivity contribution in [3.8, 4) is 0 Å². The second-order valence-electron chi connectivity index (χ2n) is 6.24. The molecule has 4 rings (SSSR count). The lowest BCUT2D eigenvalue weighted by Gasteiger charge is -2.25. The monoisotopic (exact) mass is 456 g/mol. The predicted octanol–water partition coefficient (Wildman–Crippen LogP) is 3.05. The molecular weight excluding hydrogens is 440 g/mol. The number of nitrogens with zero attached hydrogens (tertiary/aromatic N) is 4. The minimum absolute atomic E-state index is 0.0289. The Labute approximate surface area is 175 Å². The first-order valence-corrected chi connectivity index (χ1v) is 12.3. The first-order chi connectivity index (χ1) is 13.5. The molecule has 1 aromatic carbocycles. The fourth-order valence-corrected chi connectivity index (χ4v) is 6.17. The van der Waals surface area contributed by atoms with Gasteiger partial charge in [0.25, 0.3) is 0 Å². The molecule has 1 aliphatic rings. The van der Waals surface area contributed by atoms with E-state index in [9.17, 15) is 8.42 Å². The van der Waals surface area contributed by atoms with Crippen molar-refractivity contribution in [2.75, 3.05) is 31.2 Å². The summed E-state index contributed by atoms with van der Waals surface area (Å²) in [6, 6.07) is 7.54. The lowest BCUT2D eigenvalue weighted by molar-refractivity contribution is 0.122. The molecule has 0 unspecified atom stereocenters. The number of ether oxygens (including phenoxy) is 1. The topological polar surface area (TPSA) is 85.3 Å². The molecule has 1 fully saturated rings. The van der Waals surface area contributed by atoms with Gasteiger partial charge < -0.3 is 9.64 Å². The molecular formula is C17H17ClN4O3S3. The summed E-state index contributed by atoms with van der Waals surface area (Å²) >= 11 is 8.45. The van der Waals surface area contributed by atoms with Crippen molar-refractivity contribution in [3.05, 3.63) is 50.9 Å². The zero-order valence-electron chi connectivity index (χ0n) is 14.7. The quantitative estimate of drug-likeness (QED) is 0.563. The van der Waals surface area contributed by atoms with Crippen LogP contribution in [0.15, 0.2) is 34.0 Å². The van der Waals surface area contributed by atoms with Crippen LogP contribution in [0.25, 0.3) is 0 Å². The highest BCUT2D eigenvalue weighted by Gasteiger charge is 2.25. The summed E-state index contributed by atoms with van der Waals surface area (Å²) in [5.74, 6) is -0.179. The van der Waals surface area contributed by atoms with Gasteiger partial charge in [0.2, 0.25) is 19.3 Å². The van der Waals surface area contributed by atoms with E-state index in [0.717, 1.165) is 21.9 Å². The molecule has 0 saturated carbocycles. The van der Waals surface area contributed by atoms with Crippen molar-refractivity contribution in [1.82, 2.24) is 15.2 Å². The number of anilines is 1. The molecule has 0 spiro atoms. The van der Waals surface area contributed by atoms with E-state index in [0.29, 0.717) is 48.6 Å². The zero-order valence-corrected chi connectivity index (χ0v) is 18.0. The highest BCUT2D eigenvalue weighted by atomic mass is 35.5. The van der Waals surface area contributed by atoms with Crippen molar-refractivity contribution >= 4 is 49.2 Å². The summed E-state index contributed by atoms with van der Waals surface area (Å²) in [4.78, 5) is 6.46. The number of benzene rings is 1. The number of thiazole rings is 1. The van der Waals surface area contributed by atoms with Crippen LogP contribution in [-0.4, -0.2) is 49.9 Å². The van der Waals surface area contributed by atoms with E-state index in [4.69, 9.17) is 16.3 Å². The number of halogens is 1. The molecule has 1 aliphatic heterocycles. The summed E-state index contributed by atoms with van der Waals surface area (Å²) in [7, 11) is -3.58. The van der Waals surface area contributed by atoms with Crippen LogP contribution in [0.4, 0.5) is 5.13 Å². The lowest BCUT2D eigenvalue weighted by atomic mass is 10.2. The predicted molar refractivity (Wildman–Crippen MR) is 110 cm³/mol. The normalized spacial score (nSPS) is 15.1. The van der Waals surface area contributed by atoms with E-state index in [-0.39, 0.29) is 10.1 Å². The Morgan fingerprint density at radius 3 is 2.64 bits per heavy atom. The molecule has 0 atom stereocenters. The molecule has 148 valence electrons. The van der Waals surface area contributed by atoms with Crippen molar-refractivity contribution in [1.29, 1.82) is 0 Å². The van der Waals surface area contributed by atoms with E-state index in [1.165, 1.54) is 11.3 Å². The Bertz CT molecular complexity index is 1040. The van der Waals surface area contributed by atoms with Crippen LogP contribution in [0.5, 0.6) is 0 Å². The largest absolute Gasteiger partial charge is 0.378 e. The number of aromatic nitrogens is 3. The second kappa shape index (κ2) is 8.42. The van der Waals surface area contributed by atoms with Gasteiger partial charge in [-0.05, 0) is 17.7 Å². The van der Waals surface area contributed by atoms with Crippen LogP contribution < -0.4 is 4.90 Å². The molecule has 11 heteroatoms. The molecule has 28 heavy (non-hydrogen) atoms. The first kappa shape index (κ1) is 19.7. The highest BCUT2D eigenvalue weighted by molar-refractivity contribution is 7.92. The van der Waals surface area contributed by atoms with Crippen molar-refractivity contribution in [2.24, 2.45) is 0 Å². The van der Waals surface area contributed by atoms with E-state index in [1.807, 2.05) is 29.2 Å². The maximum atomic E-state index is 12.7. The van der Waals surface area contributed by atoms with E-state index in [2.05, 4.69) is 15.2 Å². The summed E-state index contributed by atoms with van der Waals surface area (Å²) < 4.78 is 30.8. The number of sulfone groups is 1. The Morgan fingerprint density at radius 1 is 1.14 bits per heavy atom. The van der Waals surface area contributed by atoms with E-state index in [1.54, 1.807) is 5.38 Å². The van der Waals surface area contributed by atoms with Crippen LogP contribution in [0, 0.1) is 0 Å². The van der Waals surface area contributed by atoms with Crippen LogP contribution in [0.1, 0.15) is 16.3 Å². The Balaban J connectivity index is 1.44. The molecule has 0 radical (unpaired) electrons. The minimum atomic E-state index is -3.58. The third-order valence-electron chi connectivity index (χ3n) is 4.15. The molecule has 3 aromatic rings. The summed E-state index contributed by atoms with van der Waals surface area (Å²) in [6.45, 7) is 2.59. The fourth-order valence-electron chi connectivity index (χ4n) is 2.74. The average molecular weight is 457 g/mol. The molecule has 0 amide bonds. The molecule has 2 aromatic heterocycles. The Hall–Kier alpha value is -1.59. The number of hydrogen-bond donors (Lipinski definition) is 0. The fraction of sp³-hybridized carbons (Fsp3) is 0.353. The second-order valence-corrected chi connectivity index (χ2v) is 10.7. The molecule has 0 N–H and O–H groups in total. The SMILES string of the molecule is O=S(=O)(Cc1csc(Cc2ccc(Cl)cc2)n1)c1nnc(N2CCOCC2)s1. The van der Waals surface area contributed by atoms with Crippen LogP contribution in [0.3, 0.4) is 0 Å². The van der Waals surface area contributed by atoms with Crippen LogP contribution in [0.2, 0.25) is 5.02 Å². The van der Waals surface area contributed by atoms with E-state index < -0.39 is 9.84 Å². The average Bonchev–Trinajstić information content (AvgIpc) is 3.34. The van der Waals surface area contributed by atoms with Gasteiger partial charge in [-0.25, -0.2) is 13.4 Å². The minimum Gasteiger partial charge on any atom is -0.378 e. The number of morpholine rings is 1. The maximum absolute atomic E-state index is 12.7. The third-order valence-corrected chi connectivity index (χ3v) is 8.38. The van der Waals surface area contributed by atoms with Crippen LogP contribution >= 0.6 is 34.3 Å². The van der Waals surface area contributed by atoms with Gasteiger partial charge in [0.1, 0.15) is 5.75 Å². The zero-order chi connectivity index (χ0) is 19.6. The smallest absolute Gasteiger partial charge is 0.234 e. The molecule has 0 bridgehead atoms. The molecule has 0 aliphatic carbocycles. The van der Waals surface area contributed by atoms with Gasteiger partial charge in [0.05, 0.1) is 23.9 Å². The van der Waals surface area contributed by atoms with Gasteiger partial charge in [-0.3, -0.25) is 0 Å². The Kier molecular flexibility index (Phi) is 5.93. The van der Waals surface area contributed by atoms with Gasteiger partial charge >= 0.3 is 0 Å². The Morgan fingerprint density at radius 2 is 1.89 bits per heavy atom. The molecule has 3 heterocycles. The van der Waals surface area contributed by atoms with Gasteiger partial charge in [-0.1, -0.05) is 35.1 Å². The third kappa shape index (κ3) is 4.69. The number of hydrogen-bond acceptors (Lipinski definition) is 9. The van der Waals surface area contributed by atoms with E-state index >= 15 is 0 Å². The maximum Gasteiger partial charge on any atom is 0.234 e. The molecule has 7 nitrogen and oxygen atoms in total. The standard InChI is InChI=1S/C17H17ClN4O3S3/c18-13-3-1-12(2-4-13)9-15-19-14(10-26-15)11-28(23,24)17-21-20-16(27-17)22-5-7-25-8-6-22/h1-4,10H,5-9,11H2. The van der Waals surface area contributed by atoms with Crippen molar-refractivity contribution in [3.63, 3.8) is 0 Å². The summed E-state index contributed by atoms with van der Waals surface area (Å²) in [5.41, 5.74) is 1.60. The highest BCUT2D eigenvalue weighted by Crippen LogP contribution is 2.27. The van der Waals surface area contributed by atoms with Gasteiger partial charge in [-0.15, -0.1) is 21.5 Å².